The van der Waals surface area contributed by atoms with Gasteiger partial charge < -0.3 is 24.6 Å². The van der Waals surface area contributed by atoms with Crippen LogP contribution in [0.25, 0.3) is 10.8 Å². The SMILES string of the molecule is COc1cc2c(C(=O)O)cnc(C(=O)c3cccc(OCC(=O)NCCc4ccccc4)c3)c2cc1OC. The fourth-order valence-corrected chi connectivity index (χ4v) is 3.97. The van der Waals surface area contributed by atoms with Crippen LogP contribution in [-0.2, 0) is 11.2 Å². The van der Waals surface area contributed by atoms with Crippen LogP contribution < -0.4 is 19.5 Å². The molecule has 9 heteroatoms. The maximum absolute atomic E-state index is 13.4. The molecule has 1 heterocycles. The van der Waals surface area contributed by atoms with E-state index in [9.17, 15) is 19.5 Å². The van der Waals surface area contributed by atoms with Crippen LogP contribution in [0.2, 0.25) is 0 Å². The van der Waals surface area contributed by atoms with Gasteiger partial charge in [-0.25, -0.2) is 4.79 Å². The first kappa shape index (κ1) is 26.2. The number of carbonyl (C=O) groups excluding carboxylic acids is 2. The minimum absolute atomic E-state index is 0.0433. The number of methoxy groups -OCH3 is 2. The van der Waals surface area contributed by atoms with Gasteiger partial charge in [-0.3, -0.25) is 14.6 Å². The standard InChI is InChI=1S/C29H26N2O7/c1-36-24-14-21-22(15-25(24)37-2)27(31-16-23(21)29(34)35)28(33)19-9-6-10-20(13-19)38-17-26(32)30-12-11-18-7-4-3-5-8-18/h3-10,13-16H,11-12,17H2,1-2H3,(H,30,32)(H,34,35). The van der Waals surface area contributed by atoms with E-state index in [1.807, 2.05) is 30.3 Å². The quantitative estimate of drug-likeness (QED) is 0.289. The van der Waals surface area contributed by atoms with Crippen molar-refractivity contribution in [2.75, 3.05) is 27.4 Å². The minimum Gasteiger partial charge on any atom is -0.493 e. The van der Waals surface area contributed by atoms with Crippen molar-refractivity contribution in [3.05, 3.63) is 95.3 Å². The fourth-order valence-electron chi connectivity index (χ4n) is 3.97. The van der Waals surface area contributed by atoms with Gasteiger partial charge in [-0.1, -0.05) is 42.5 Å². The van der Waals surface area contributed by atoms with Crippen LogP contribution in [0.4, 0.5) is 0 Å². The van der Waals surface area contributed by atoms with Crippen LogP contribution >= 0.6 is 0 Å². The number of nitrogens with zero attached hydrogens (tertiary/aromatic N) is 1. The van der Waals surface area contributed by atoms with Gasteiger partial charge in [0.1, 0.15) is 11.4 Å². The molecule has 0 aliphatic heterocycles. The number of fused-ring (bicyclic) bond motifs is 1. The third-order valence-corrected chi connectivity index (χ3v) is 5.88. The molecule has 0 aliphatic rings. The van der Waals surface area contributed by atoms with Crippen molar-refractivity contribution in [1.29, 1.82) is 0 Å². The number of hydrogen-bond donors (Lipinski definition) is 2. The molecule has 0 aliphatic carbocycles. The highest BCUT2D eigenvalue weighted by molar-refractivity contribution is 6.18. The molecule has 38 heavy (non-hydrogen) atoms. The van der Waals surface area contributed by atoms with Gasteiger partial charge in [-0.2, -0.15) is 0 Å². The number of carbonyl (C=O) groups is 3. The van der Waals surface area contributed by atoms with E-state index >= 15 is 0 Å². The number of carboxylic acids is 1. The van der Waals surface area contributed by atoms with Crippen molar-refractivity contribution < 1.29 is 33.7 Å². The molecule has 4 aromatic rings. The summed E-state index contributed by atoms with van der Waals surface area (Å²) in [6.07, 6.45) is 1.85. The lowest BCUT2D eigenvalue weighted by atomic mass is 9.99. The van der Waals surface area contributed by atoms with E-state index in [1.165, 1.54) is 32.4 Å². The van der Waals surface area contributed by atoms with Crippen LogP contribution in [0.3, 0.4) is 0 Å². The molecule has 0 fully saturated rings. The van der Waals surface area contributed by atoms with Crippen LogP contribution in [0.5, 0.6) is 17.2 Å². The lowest BCUT2D eigenvalue weighted by Crippen LogP contribution is -2.30. The molecule has 0 unspecified atom stereocenters. The fraction of sp³-hybridized carbons (Fsp3) is 0.172. The number of nitrogens with one attached hydrogen (secondary N) is 1. The summed E-state index contributed by atoms with van der Waals surface area (Å²) in [4.78, 5) is 41.6. The zero-order chi connectivity index (χ0) is 27.1. The van der Waals surface area contributed by atoms with Gasteiger partial charge >= 0.3 is 5.97 Å². The van der Waals surface area contributed by atoms with Crippen molar-refractivity contribution in [3.8, 4) is 17.2 Å². The number of amides is 1. The molecule has 0 radical (unpaired) electrons. The number of aromatic nitrogens is 1. The Balaban J connectivity index is 1.51. The molecule has 194 valence electrons. The van der Waals surface area contributed by atoms with E-state index in [2.05, 4.69) is 10.3 Å². The van der Waals surface area contributed by atoms with Gasteiger partial charge in [0.2, 0.25) is 5.78 Å². The monoisotopic (exact) mass is 514 g/mol. The smallest absolute Gasteiger partial charge is 0.337 e. The molecule has 1 amide bonds. The zero-order valence-corrected chi connectivity index (χ0v) is 20.9. The summed E-state index contributed by atoms with van der Waals surface area (Å²) in [5, 5.41) is 13.0. The van der Waals surface area contributed by atoms with Gasteiger partial charge in [-0.15, -0.1) is 0 Å². The zero-order valence-electron chi connectivity index (χ0n) is 20.9. The van der Waals surface area contributed by atoms with Crippen molar-refractivity contribution >= 4 is 28.4 Å². The van der Waals surface area contributed by atoms with Gasteiger partial charge in [0, 0.05) is 29.1 Å². The number of hydrogen-bond acceptors (Lipinski definition) is 7. The second-order valence-electron chi connectivity index (χ2n) is 8.31. The van der Waals surface area contributed by atoms with Crippen LogP contribution in [-0.4, -0.2) is 55.1 Å². The summed E-state index contributed by atoms with van der Waals surface area (Å²) in [5.74, 6) is -0.934. The molecular formula is C29H26N2O7. The Kier molecular flexibility index (Phi) is 8.17. The Bertz CT molecular complexity index is 1490. The molecule has 3 aromatic carbocycles. The Morgan fingerprint density at radius 3 is 2.29 bits per heavy atom. The summed E-state index contributed by atoms with van der Waals surface area (Å²) < 4.78 is 16.2. The summed E-state index contributed by atoms with van der Waals surface area (Å²) in [5.41, 5.74) is 1.35. The number of rotatable bonds is 11. The lowest BCUT2D eigenvalue weighted by Gasteiger charge is -2.13. The van der Waals surface area contributed by atoms with Crippen molar-refractivity contribution in [3.63, 3.8) is 0 Å². The molecule has 9 nitrogen and oxygen atoms in total. The van der Waals surface area contributed by atoms with Crippen molar-refractivity contribution in [2.24, 2.45) is 0 Å². The third-order valence-electron chi connectivity index (χ3n) is 5.88. The van der Waals surface area contributed by atoms with Crippen molar-refractivity contribution in [2.45, 2.75) is 6.42 Å². The molecule has 1 aromatic heterocycles. The largest absolute Gasteiger partial charge is 0.493 e. The first-order valence-corrected chi connectivity index (χ1v) is 11.8. The van der Waals surface area contributed by atoms with Crippen molar-refractivity contribution in [1.82, 2.24) is 10.3 Å². The van der Waals surface area contributed by atoms with Crippen LogP contribution in [0, 0.1) is 0 Å². The van der Waals surface area contributed by atoms with E-state index in [1.54, 1.807) is 18.2 Å². The van der Waals surface area contributed by atoms with Gasteiger partial charge in [0.25, 0.3) is 5.91 Å². The third kappa shape index (κ3) is 5.89. The minimum atomic E-state index is -1.19. The first-order valence-electron chi connectivity index (χ1n) is 11.8. The highest BCUT2D eigenvalue weighted by atomic mass is 16.5. The molecule has 4 rings (SSSR count). The number of aromatic carboxylic acids is 1. The summed E-state index contributed by atoms with van der Waals surface area (Å²) >= 11 is 0. The van der Waals surface area contributed by atoms with E-state index < -0.39 is 11.8 Å². The Morgan fingerprint density at radius 1 is 0.895 bits per heavy atom. The van der Waals surface area contributed by atoms with Crippen LogP contribution in [0.1, 0.15) is 32.0 Å². The predicted octanol–water partition coefficient (Wildman–Crippen LogP) is 3.92. The summed E-state index contributed by atoms with van der Waals surface area (Å²) in [6, 6.07) is 19.2. The van der Waals surface area contributed by atoms with Crippen LogP contribution in [0.15, 0.2) is 72.9 Å². The maximum Gasteiger partial charge on any atom is 0.337 e. The van der Waals surface area contributed by atoms with E-state index in [0.29, 0.717) is 35.6 Å². The van der Waals surface area contributed by atoms with E-state index in [0.717, 1.165) is 11.8 Å². The Hall–Kier alpha value is -4.92. The second kappa shape index (κ2) is 11.9. The highest BCUT2D eigenvalue weighted by Gasteiger charge is 2.21. The Morgan fingerprint density at radius 2 is 1.61 bits per heavy atom. The lowest BCUT2D eigenvalue weighted by molar-refractivity contribution is -0.123. The van der Waals surface area contributed by atoms with E-state index in [4.69, 9.17) is 14.2 Å². The predicted molar refractivity (Wildman–Crippen MR) is 140 cm³/mol. The number of ether oxygens (including phenoxy) is 3. The van der Waals surface area contributed by atoms with Gasteiger partial charge in [0.05, 0.1) is 19.8 Å². The second-order valence-corrected chi connectivity index (χ2v) is 8.31. The molecule has 0 saturated carbocycles. The number of ketones is 1. The molecular weight excluding hydrogens is 488 g/mol. The average Bonchev–Trinajstić information content (AvgIpc) is 2.94. The molecule has 0 atom stereocenters. The normalized spacial score (nSPS) is 10.6. The molecule has 2 N–H and O–H groups in total. The average molecular weight is 515 g/mol. The summed E-state index contributed by atoms with van der Waals surface area (Å²) in [6.45, 7) is 0.266. The molecule has 0 saturated heterocycles. The summed E-state index contributed by atoms with van der Waals surface area (Å²) in [7, 11) is 2.88. The maximum atomic E-state index is 13.4. The van der Waals surface area contributed by atoms with Gasteiger partial charge in [0.15, 0.2) is 18.1 Å². The topological polar surface area (TPSA) is 124 Å². The van der Waals surface area contributed by atoms with E-state index in [-0.39, 0.29) is 34.7 Å². The highest BCUT2D eigenvalue weighted by Crippen LogP contribution is 2.35. The first-order chi connectivity index (χ1) is 18.4. The molecule has 0 bridgehead atoms. The number of carboxylic acid groups (broad SMARTS) is 1. The number of benzene rings is 3. The Labute approximate surface area is 219 Å². The molecule has 0 spiro atoms. The number of pyridine rings is 1. The van der Waals surface area contributed by atoms with Gasteiger partial charge in [-0.05, 0) is 36.2 Å².